The maximum atomic E-state index is 12.0. The summed E-state index contributed by atoms with van der Waals surface area (Å²) < 4.78 is 7.86. The minimum Gasteiger partial charge on any atom is -0.373 e. The van der Waals surface area contributed by atoms with Crippen LogP contribution in [0.5, 0.6) is 0 Å². The van der Waals surface area contributed by atoms with Crippen LogP contribution in [-0.2, 0) is 30.5 Å². The molecule has 0 amide bonds. The Kier molecular flexibility index (Phi) is 4.80. The zero-order chi connectivity index (χ0) is 18.0. The molecule has 0 aromatic carbocycles. The fourth-order valence-electron chi connectivity index (χ4n) is 3.94. The Morgan fingerprint density at radius 2 is 2.23 bits per heavy atom. The average Bonchev–Trinajstić information content (AvgIpc) is 3.25. The van der Waals surface area contributed by atoms with E-state index in [1.807, 2.05) is 6.20 Å². The van der Waals surface area contributed by atoms with Crippen LogP contribution < -0.4 is 10.9 Å². The van der Waals surface area contributed by atoms with Crippen LogP contribution >= 0.6 is 0 Å². The molecule has 0 saturated carbocycles. The summed E-state index contributed by atoms with van der Waals surface area (Å²) in [5, 5.41) is 7.76. The summed E-state index contributed by atoms with van der Waals surface area (Å²) in [6.45, 7) is 4.30. The van der Waals surface area contributed by atoms with Gasteiger partial charge in [0, 0.05) is 37.9 Å². The summed E-state index contributed by atoms with van der Waals surface area (Å²) in [7, 11) is 0. The van der Waals surface area contributed by atoms with Gasteiger partial charge in [0.05, 0.1) is 17.5 Å². The number of nitrogens with one attached hydrogen (secondary N) is 2. The number of rotatable bonds is 6. The number of aryl methyl sites for hydroxylation is 3. The van der Waals surface area contributed by atoms with Crippen molar-refractivity contribution in [2.24, 2.45) is 0 Å². The van der Waals surface area contributed by atoms with Crippen molar-refractivity contribution < 1.29 is 4.74 Å². The monoisotopic (exact) mass is 357 g/mol. The first kappa shape index (κ1) is 17.3. The van der Waals surface area contributed by atoms with Crippen LogP contribution in [0.3, 0.4) is 0 Å². The van der Waals surface area contributed by atoms with Gasteiger partial charge in [-0.15, -0.1) is 0 Å². The van der Waals surface area contributed by atoms with Gasteiger partial charge < -0.3 is 10.1 Å². The van der Waals surface area contributed by atoms with Crippen molar-refractivity contribution in [3.63, 3.8) is 0 Å². The van der Waals surface area contributed by atoms with E-state index in [1.54, 1.807) is 6.07 Å². The van der Waals surface area contributed by atoms with Crippen LogP contribution in [0, 0.1) is 0 Å². The standard InChI is InChI=1S/C19H27N5O2/c1-19(8-4-10-26-19)13-20-18-22-15(11-17(25)23-18)7-9-24-16-6-3-2-5-14(16)12-21-24/h11-12H,2-10,13H2,1H3,(H2,20,22,23,25)/t19-/m0/s1. The molecule has 1 aliphatic heterocycles. The topological polar surface area (TPSA) is 84.8 Å². The van der Waals surface area contributed by atoms with Crippen LogP contribution in [0.15, 0.2) is 17.1 Å². The summed E-state index contributed by atoms with van der Waals surface area (Å²) in [5.74, 6) is 0.520. The molecule has 1 fully saturated rings. The van der Waals surface area contributed by atoms with Gasteiger partial charge in [-0.2, -0.15) is 5.10 Å². The Balaban J connectivity index is 1.41. The second-order valence-corrected chi connectivity index (χ2v) is 7.64. The number of nitrogens with zero attached hydrogens (tertiary/aromatic N) is 3. The van der Waals surface area contributed by atoms with Gasteiger partial charge in [0.1, 0.15) is 0 Å². The molecular weight excluding hydrogens is 330 g/mol. The fourth-order valence-corrected chi connectivity index (χ4v) is 3.94. The van der Waals surface area contributed by atoms with E-state index >= 15 is 0 Å². The molecule has 140 valence electrons. The Morgan fingerprint density at radius 3 is 3.08 bits per heavy atom. The minimum atomic E-state index is -0.178. The first-order chi connectivity index (χ1) is 12.6. The van der Waals surface area contributed by atoms with Crippen LogP contribution in [-0.4, -0.2) is 38.5 Å². The van der Waals surface area contributed by atoms with E-state index in [-0.39, 0.29) is 11.2 Å². The second kappa shape index (κ2) is 7.23. The number of ether oxygens (including phenoxy) is 1. The molecule has 2 aromatic heterocycles. The molecule has 2 aliphatic rings. The predicted molar refractivity (Wildman–Crippen MR) is 99.5 cm³/mol. The molecule has 7 heteroatoms. The van der Waals surface area contributed by atoms with E-state index in [2.05, 4.69) is 32.0 Å². The van der Waals surface area contributed by atoms with E-state index in [1.165, 1.54) is 24.1 Å². The molecule has 0 spiro atoms. The van der Waals surface area contributed by atoms with Gasteiger partial charge in [-0.25, -0.2) is 4.98 Å². The Hall–Kier alpha value is -2.15. The molecule has 2 aromatic rings. The highest BCUT2D eigenvalue weighted by atomic mass is 16.5. The van der Waals surface area contributed by atoms with Crippen molar-refractivity contribution in [2.45, 2.75) is 64.0 Å². The highest BCUT2D eigenvalue weighted by molar-refractivity contribution is 5.26. The maximum Gasteiger partial charge on any atom is 0.252 e. The van der Waals surface area contributed by atoms with Crippen molar-refractivity contribution in [3.05, 3.63) is 39.6 Å². The molecular formula is C19H27N5O2. The van der Waals surface area contributed by atoms with Crippen LogP contribution in [0.25, 0.3) is 0 Å². The minimum absolute atomic E-state index is 0.127. The van der Waals surface area contributed by atoms with E-state index in [0.29, 0.717) is 18.9 Å². The number of anilines is 1. The largest absolute Gasteiger partial charge is 0.373 e. The molecule has 3 heterocycles. The van der Waals surface area contributed by atoms with Crippen LogP contribution in [0.1, 0.15) is 49.6 Å². The number of fused-ring (bicyclic) bond motifs is 1. The molecule has 0 bridgehead atoms. The quantitative estimate of drug-likeness (QED) is 0.827. The van der Waals surface area contributed by atoms with Crippen molar-refractivity contribution in [2.75, 3.05) is 18.5 Å². The van der Waals surface area contributed by atoms with Crippen LogP contribution in [0.2, 0.25) is 0 Å². The lowest BCUT2D eigenvalue weighted by Crippen LogP contribution is -2.33. The summed E-state index contributed by atoms with van der Waals surface area (Å²) in [5.41, 5.74) is 3.21. The smallest absolute Gasteiger partial charge is 0.252 e. The third-order valence-corrected chi connectivity index (χ3v) is 5.45. The van der Waals surface area contributed by atoms with Crippen LogP contribution in [0.4, 0.5) is 5.95 Å². The Bertz CT molecular complexity index is 820. The van der Waals surface area contributed by atoms with Crippen molar-refractivity contribution in [3.8, 4) is 0 Å². The number of H-pyrrole nitrogens is 1. The predicted octanol–water partition coefficient (Wildman–Crippen LogP) is 2.07. The molecule has 26 heavy (non-hydrogen) atoms. The van der Waals surface area contributed by atoms with Crippen molar-refractivity contribution in [1.29, 1.82) is 0 Å². The molecule has 4 rings (SSSR count). The van der Waals surface area contributed by atoms with Gasteiger partial charge in [-0.3, -0.25) is 14.5 Å². The summed E-state index contributed by atoms with van der Waals surface area (Å²) in [6, 6.07) is 1.58. The zero-order valence-corrected chi connectivity index (χ0v) is 15.4. The third-order valence-electron chi connectivity index (χ3n) is 5.45. The Morgan fingerprint density at radius 1 is 1.35 bits per heavy atom. The first-order valence-electron chi connectivity index (χ1n) is 9.63. The maximum absolute atomic E-state index is 12.0. The highest BCUT2D eigenvalue weighted by Gasteiger charge is 2.29. The molecule has 7 nitrogen and oxygen atoms in total. The molecule has 1 saturated heterocycles. The first-order valence-corrected chi connectivity index (χ1v) is 9.63. The lowest BCUT2D eigenvalue weighted by molar-refractivity contribution is 0.0314. The molecule has 0 unspecified atom stereocenters. The zero-order valence-electron chi connectivity index (χ0n) is 15.4. The number of aromatic nitrogens is 4. The highest BCUT2D eigenvalue weighted by Crippen LogP contribution is 2.25. The number of hydrogen-bond acceptors (Lipinski definition) is 5. The fraction of sp³-hybridized carbons (Fsp3) is 0.632. The van der Waals surface area contributed by atoms with Gasteiger partial charge in [-0.1, -0.05) is 0 Å². The van der Waals surface area contributed by atoms with Gasteiger partial charge in [-0.05, 0) is 51.0 Å². The molecule has 0 radical (unpaired) electrons. The van der Waals surface area contributed by atoms with Gasteiger partial charge in [0.25, 0.3) is 5.56 Å². The van der Waals surface area contributed by atoms with Gasteiger partial charge in [0.15, 0.2) is 0 Å². The van der Waals surface area contributed by atoms with Crippen molar-refractivity contribution >= 4 is 5.95 Å². The SMILES string of the molecule is C[C@@]1(CNc2nc(CCn3ncc4c3CCCC4)cc(=O)[nH]2)CCCO1. The molecule has 1 aliphatic carbocycles. The van der Waals surface area contributed by atoms with Crippen molar-refractivity contribution in [1.82, 2.24) is 19.7 Å². The molecule has 1 atom stereocenters. The third kappa shape index (κ3) is 3.82. The second-order valence-electron chi connectivity index (χ2n) is 7.64. The summed E-state index contributed by atoms with van der Waals surface area (Å²) in [4.78, 5) is 19.3. The molecule has 2 N–H and O–H groups in total. The van der Waals surface area contributed by atoms with Gasteiger partial charge >= 0.3 is 0 Å². The number of hydrogen-bond donors (Lipinski definition) is 2. The number of aromatic amines is 1. The van der Waals surface area contributed by atoms with E-state index in [9.17, 15) is 4.79 Å². The van der Waals surface area contributed by atoms with Gasteiger partial charge in [0.2, 0.25) is 5.95 Å². The van der Waals surface area contributed by atoms with E-state index in [4.69, 9.17) is 4.74 Å². The average molecular weight is 357 g/mol. The normalized spacial score (nSPS) is 22.3. The summed E-state index contributed by atoms with van der Waals surface area (Å²) >= 11 is 0. The van der Waals surface area contributed by atoms with E-state index < -0.39 is 0 Å². The lowest BCUT2D eigenvalue weighted by Gasteiger charge is -2.23. The lowest BCUT2D eigenvalue weighted by atomic mass is 9.98. The van der Waals surface area contributed by atoms with E-state index in [0.717, 1.165) is 44.5 Å². The Labute approximate surface area is 153 Å². The summed E-state index contributed by atoms with van der Waals surface area (Å²) in [6.07, 6.45) is 9.51.